The second kappa shape index (κ2) is 8.94. The molecule has 0 aromatic heterocycles. The first kappa shape index (κ1) is 15.0. The summed E-state index contributed by atoms with van der Waals surface area (Å²) in [6.07, 6.45) is 3.23. The van der Waals surface area contributed by atoms with E-state index < -0.39 is 0 Å². The van der Waals surface area contributed by atoms with Crippen molar-refractivity contribution in [3.05, 3.63) is 18.2 Å². The average Bonchev–Trinajstić information content (AvgIpc) is 2.41. The molecule has 0 amide bonds. The van der Waals surface area contributed by atoms with Crippen LogP contribution < -0.4 is 14.8 Å². The molecule has 0 aliphatic heterocycles. The Hall–Kier alpha value is -1.07. The van der Waals surface area contributed by atoms with Crippen LogP contribution in [0.1, 0.15) is 6.42 Å². The minimum absolute atomic E-state index is 0.00542. The third kappa shape index (κ3) is 5.06. The van der Waals surface area contributed by atoms with Crippen LogP contribution in [0.4, 0.5) is 5.69 Å². The van der Waals surface area contributed by atoms with E-state index in [0.29, 0.717) is 11.5 Å². The van der Waals surface area contributed by atoms with Gasteiger partial charge in [-0.25, -0.2) is 0 Å². The SMILES string of the molecule is COc1ccc(NCCCSC)cc1OCCO. The zero-order valence-corrected chi connectivity index (χ0v) is 11.8. The molecular formula is C13H21NO3S. The largest absolute Gasteiger partial charge is 0.493 e. The number of benzene rings is 1. The molecule has 0 aliphatic rings. The molecule has 102 valence electrons. The van der Waals surface area contributed by atoms with Gasteiger partial charge in [0.1, 0.15) is 6.61 Å². The highest BCUT2D eigenvalue weighted by molar-refractivity contribution is 7.98. The maximum atomic E-state index is 8.78. The molecule has 1 rings (SSSR count). The quantitative estimate of drug-likeness (QED) is 0.675. The normalized spacial score (nSPS) is 10.2. The Morgan fingerprint density at radius 1 is 1.33 bits per heavy atom. The van der Waals surface area contributed by atoms with Crippen LogP contribution in [0.2, 0.25) is 0 Å². The Balaban J connectivity index is 2.57. The van der Waals surface area contributed by atoms with Crippen molar-refractivity contribution in [2.24, 2.45) is 0 Å². The summed E-state index contributed by atoms with van der Waals surface area (Å²) in [6.45, 7) is 1.20. The summed E-state index contributed by atoms with van der Waals surface area (Å²) in [6, 6.07) is 5.72. The van der Waals surface area contributed by atoms with E-state index in [2.05, 4.69) is 11.6 Å². The van der Waals surface area contributed by atoms with Gasteiger partial charge in [0.15, 0.2) is 11.5 Å². The van der Waals surface area contributed by atoms with Gasteiger partial charge in [-0.05, 0) is 30.6 Å². The maximum absolute atomic E-state index is 8.78. The van der Waals surface area contributed by atoms with Gasteiger partial charge >= 0.3 is 0 Å². The second-order valence-corrected chi connectivity index (χ2v) is 4.70. The Kier molecular flexibility index (Phi) is 7.44. The monoisotopic (exact) mass is 271 g/mol. The predicted molar refractivity (Wildman–Crippen MR) is 77.1 cm³/mol. The van der Waals surface area contributed by atoms with Gasteiger partial charge in [-0.1, -0.05) is 0 Å². The van der Waals surface area contributed by atoms with Crippen molar-refractivity contribution in [1.82, 2.24) is 0 Å². The van der Waals surface area contributed by atoms with Crippen molar-refractivity contribution in [3.63, 3.8) is 0 Å². The molecule has 0 saturated heterocycles. The van der Waals surface area contributed by atoms with Crippen LogP contribution in [0.15, 0.2) is 18.2 Å². The fourth-order valence-corrected chi connectivity index (χ4v) is 1.94. The smallest absolute Gasteiger partial charge is 0.163 e. The summed E-state index contributed by atoms with van der Waals surface area (Å²) in [5.74, 6) is 2.48. The first-order chi connectivity index (χ1) is 8.81. The van der Waals surface area contributed by atoms with Gasteiger partial charge in [0.2, 0.25) is 0 Å². The summed E-state index contributed by atoms with van der Waals surface area (Å²) in [7, 11) is 1.60. The van der Waals surface area contributed by atoms with E-state index in [1.165, 1.54) is 0 Å². The first-order valence-electron chi connectivity index (χ1n) is 5.96. The highest BCUT2D eigenvalue weighted by Gasteiger charge is 2.05. The van der Waals surface area contributed by atoms with Crippen LogP contribution in [0, 0.1) is 0 Å². The molecule has 0 spiro atoms. The summed E-state index contributed by atoms with van der Waals surface area (Å²) < 4.78 is 10.6. The molecule has 1 aromatic rings. The van der Waals surface area contributed by atoms with Crippen LogP contribution in [-0.4, -0.2) is 44.0 Å². The summed E-state index contributed by atoms with van der Waals surface area (Å²) in [5.41, 5.74) is 1.00. The van der Waals surface area contributed by atoms with Crippen molar-refractivity contribution < 1.29 is 14.6 Å². The lowest BCUT2D eigenvalue weighted by atomic mass is 10.2. The molecule has 18 heavy (non-hydrogen) atoms. The topological polar surface area (TPSA) is 50.7 Å². The van der Waals surface area contributed by atoms with Crippen LogP contribution in [0.3, 0.4) is 0 Å². The van der Waals surface area contributed by atoms with Gasteiger partial charge in [0.25, 0.3) is 0 Å². The number of thioether (sulfide) groups is 1. The van der Waals surface area contributed by atoms with E-state index in [-0.39, 0.29) is 13.2 Å². The Morgan fingerprint density at radius 2 is 2.17 bits per heavy atom. The van der Waals surface area contributed by atoms with Crippen molar-refractivity contribution in [2.75, 3.05) is 44.2 Å². The van der Waals surface area contributed by atoms with Crippen molar-refractivity contribution in [2.45, 2.75) is 6.42 Å². The van der Waals surface area contributed by atoms with Gasteiger partial charge in [0.05, 0.1) is 13.7 Å². The zero-order valence-electron chi connectivity index (χ0n) is 10.9. The van der Waals surface area contributed by atoms with Gasteiger partial charge in [-0.15, -0.1) is 0 Å². The van der Waals surface area contributed by atoms with Crippen LogP contribution in [-0.2, 0) is 0 Å². The number of nitrogens with one attached hydrogen (secondary N) is 1. The standard InChI is InChI=1S/C13H21NO3S/c1-16-12-5-4-11(14-6-3-9-18-2)10-13(12)17-8-7-15/h4-5,10,14-15H,3,6-9H2,1-2H3. The number of methoxy groups -OCH3 is 1. The zero-order chi connectivity index (χ0) is 13.2. The fourth-order valence-electron chi connectivity index (χ4n) is 1.50. The van der Waals surface area contributed by atoms with Crippen LogP contribution in [0.5, 0.6) is 11.5 Å². The van der Waals surface area contributed by atoms with E-state index in [4.69, 9.17) is 14.6 Å². The highest BCUT2D eigenvalue weighted by atomic mass is 32.2. The third-order valence-electron chi connectivity index (χ3n) is 2.37. The fraction of sp³-hybridized carbons (Fsp3) is 0.538. The number of aliphatic hydroxyl groups is 1. The first-order valence-corrected chi connectivity index (χ1v) is 7.35. The van der Waals surface area contributed by atoms with E-state index in [0.717, 1.165) is 24.4 Å². The van der Waals surface area contributed by atoms with E-state index in [1.54, 1.807) is 7.11 Å². The predicted octanol–water partition coefficient (Wildman–Crippen LogP) is 2.23. The summed E-state index contributed by atoms with van der Waals surface area (Å²) in [5, 5.41) is 12.1. The molecule has 0 heterocycles. The molecule has 4 nitrogen and oxygen atoms in total. The third-order valence-corrected chi connectivity index (χ3v) is 3.06. The van der Waals surface area contributed by atoms with Gasteiger partial charge in [-0.2, -0.15) is 11.8 Å². The Labute approximate surface area is 113 Å². The highest BCUT2D eigenvalue weighted by Crippen LogP contribution is 2.30. The van der Waals surface area contributed by atoms with Crippen LogP contribution >= 0.6 is 11.8 Å². The Bertz CT molecular complexity index is 347. The number of rotatable bonds is 9. The van der Waals surface area contributed by atoms with Gasteiger partial charge in [0, 0.05) is 18.3 Å². The minimum Gasteiger partial charge on any atom is -0.493 e. The number of anilines is 1. The molecule has 2 N–H and O–H groups in total. The average molecular weight is 271 g/mol. The van der Waals surface area contributed by atoms with Crippen molar-refractivity contribution in [1.29, 1.82) is 0 Å². The molecule has 0 atom stereocenters. The number of hydrogen-bond donors (Lipinski definition) is 2. The molecule has 0 saturated carbocycles. The van der Waals surface area contributed by atoms with E-state index >= 15 is 0 Å². The van der Waals surface area contributed by atoms with Gasteiger partial charge < -0.3 is 19.9 Å². The van der Waals surface area contributed by atoms with Crippen molar-refractivity contribution >= 4 is 17.4 Å². The summed E-state index contributed by atoms with van der Waals surface area (Å²) >= 11 is 1.84. The van der Waals surface area contributed by atoms with E-state index in [9.17, 15) is 0 Å². The second-order valence-electron chi connectivity index (χ2n) is 3.71. The van der Waals surface area contributed by atoms with Gasteiger partial charge in [-0.3, -0.25) is 0 Å². The molecule has 0 bridgehead atoms. The number of ether oxygens (including phenoxy) is 2. The van der Waals surface area contributed by atoms with Crippen LogP contribution in [0.25, 0.3) is 0 Å². The lowest BCUT2D eigenvalue weighted by Gasteiger charge is -2.12. The molecule has 0 radical (unpaired) electrons. The molecule has 1 aromatic carbocycles. The molecule has 0 fully saturated rings. The Morgan fingerprint density at radius 3 is 2.83 bits per heavy atom. The number of aliphatic hydroxyl groups excluding tert-OH is 1. The minimum atomic E-state index is -0.00542. The maximum Gasteiger partial charge on any atom is 0.163 e. The molecule has 0 unspecified atom stereocenters. The summed E-state index contributed by atoms with van der Waals surface area (Å²) in [4.78, 5) is 0. The van der Waals surface area contributed by atoms with E-state index in [1.807, 2.05) is 30.0 Å². The lowest BCUT2D eigenvalue weighted by Crippen LogP contribution is -2.05. The lowest BCUT2D eigenvalue weighted by molar-refractivity contribution is 0.196. The van der Waals surface area contributed by atoms with Crippen molar-refractivity contribution in [3.8, 4) is 11.5 Å². The molecule has 0 aliphatic carbocycles. The number of hydrogen-bond acceptors (Lipinski definition) is 5. The molecular weight excluding hydrogens is 250 g/mol. The molecule has 5 heteroatoms.